The Labute approximate surface area is 146 Å². The van der Waals surface area contributed by atoms with Gasteiger partial charge in [0.25, 0.3) is 5.91 Å². The van der Waals surface area contributed by atoms with E-state index in [0.717, 1.165) is 0 Å². The predicted octanol–water partition coefficient (Wildman–Crippen LogP) is 3.07. The molecule has 0 aliphatic carbocycles. The van der Waals surface area contributed by atoms with E-state index in [2.05, 4.69) is 4.98 Å². The third kappa shape index (κ3) is 2.89. The first-order chi connectivity index (χ1) is 11.6. The summed E-state index contributed by atoms with van der Waals surface area (Å²) < 4.78 is 15.2. The van der Waals surface area contributed by atoms with E-state index < -0.39 is 11.6 Å². The van der Waals surface area contributed by atoms with Crippen LogP contribution in [0.4, 0.5) is 0 Å². The quantitative estimate of drug-likeness (QED) is 0.742. The average molecular weight is 350 g/mol. The van der Waals surface area contributed by atoms with Crippen LogP contribution >= 0.6 is 11.6 Å². The number of carbonyl (C=O) groups excluding carboxylic acids is 2. The van der Waals surface area contributed by atoms with Crippen molar-refractivity contribution in [2.75, 3.05) is 7.05 Å². The molecule has 0 atom stereocenters. The molecule has 0 fully saturated rings. The molecule has 0 spiro atoms. The lowest BCUT2D eigenvalue weighted by molar-refractivity contribution is 0.00608. The third-order valence-electron chi connectivity index (χ3n) is 3.55. The molecule has 7 heteroatoms. The van der Waals surface area contributed by atoms with Gasteiger partial charge in [-0.2, -0.15) is 0 Å². The molecule has 1 aliphatic heterocycles. The van der Waals surface area contributed by atoms with Gasteiger partial charge in [-0.15, -0.1) is 0 Å². The molecule has 24 heavy (non-hydrogen) atoms. The summed E-state index contributed by atoms with van der Waals surface area (Å²) in [6, 6.07) is 3.06. The minimum absolute atomic E-state index is 0.0838. The minimum atomic E-state index is -0.661. The SMILES string of the molecule is [3H]c1cc(Cl)cc2c1-n1cnc(C(=O)OC(C)(C)C)c1CN(C)C2=O. The lowest BCUT2D eigenvalue weighted by Crippen LogP contribution is -2.27. The molecule has 0 unspecified atom stereocenters. The smallest absolute Gasteiger partial charge is 0.359 e. The Balaban J connectivity index is 2.19. The summed E-state index contributed by atoms with van der Waals surface area (Å²) in [7, 11) is 1.62. The molecular formula is C17H18ClN3O3. The zero-order valence-corrected chi connectivity index (χ0v) is 14.6. The van der Waals surface area contributed by atoms with Gasteiger partial charge in [-0.1, -0.05) is 11.6 Å². The molecular weight excluding hydrogens is 330 g/mol. The van der Waals surface area contributed by atoms with Gasteiger partial charge in [0.05, 0.1) is 24.9 Å². The number of hydrogen-bond donors (Lipinski definition) is 0. The van der Waals surface area contributed by atoms with Crippen molar-refractivity contribution in [2.24, 2.45) is 0 Å². The van der Waals surface area contributed by atoms with Crippen molar-refractivity contribution in [1.29, 1.82) is 0 Å². The maximum Gasteiger partial charge on any atom is 0.359 e. The van der Waals surface area contributed by atoms with E-state index in [1.165, 1.54) is 23.4 Å². The normalized spacial score (nSPS) is 14.6. The van der Waals surface area contributed by atoms with Gasteiger partial charge in [0.1, 0.15) is 11.9 Å². The number of benzene rings is 1. The second kappa shape index (κ2) is 5.63. The first-order valence-electron chi connectivity index (χ1n) is 7.94. The van der Waals surface area contributed by atoms with Crippen molar-refractivity contribution in [3.63, 3.8) is 0 Å². The van der Waals surface area contributed by atoms with Crippen molar-refractivity contribution in [2.45, 2.75) is 32.9 Å². The minimum Gasteiger partial charge on any atom is -0.455 e. The lowest BCUT2D eigenvalue weighted by Gasteiger charge is -2.19. The van der Waals surface area contributed by atoms with Crippen LogP contribution in [-0.4, -0.2) is 39.0 Å². The Kier molecular flexibility index (Phi) is 3.57. The standard InChI is InChI=1S/C17H18ClN3O3/c1-17(2,3)24-16(23)14-13-8-20(4)15(22)11-7-10(18)5-6-12(11)21(13)9-19-14/h5-7,9H,8H2,1-4H3/i6T. The Morgan fingerprint density at radius 3 is 2.83 bits per heavy atom. The number of rotatable bonds is 1. The summed E-state index contributed by atoms with van der Waals surface area (Å²) in [5, 5.41) is 0.307. The highest BCUT2D eigenvalue weighted by Gasteiger charge is 2.30. The van der Waals surface area contributed by atoms with Gasteiger partial charge in [0.2, 0.25) is 0 Å². The highest BCUT2D eigenvalue weighted by Crippen LogP contribution is 2.28. The van der Waals surface area contributed by atoms with Crippen molar-refractivity contribution in [3.8, 4) is 5.69 Å². The van der Waals surface area contributed by atoms with E-state index in [1.54, 1.807) is 32.4 Å². The molecule has 3 rings (SSSR count). The molecule has 1 aromatic carbocycles. The Morgan fingerprint density at radius 2 is 2.17 bits per heavy atom. The zero-order valence-electron chi connectivity index (χ0n) is 14.9. The van der Waals surface area contributed by atoms with Gasteiger partial charge in [-0.25, -0.2) is 9.78 Å². The first kappa shape index (κ1) is 15.2. The first-order valence-corrected chi connectivity index (χ1v) is 7.82. The monoisotopic (exact) mass is 349 g/mol. The Hall–Kier alpha value is -2.34. The fourth-order valence-electron chi connectivity index (χ4n) is 2.54. The topological polar surface area (TPSA) is 64.4 Å². The molecule has 0 saturated carbocycles. The van der Waals surface area contributed by atoms with Gasteiger partial charge in [-0.3, -0.25) is 9.36 Å². The van der Waals surface area contributed by atoms with Crippen molar-refractivity contribution in [3.05, 3.63) is 46.5 Å². The van der Waals surface area contributed by atoms with Crippen LogP contribution in [0.25, 0.3) is 5.69 Å². The van der Waals surface area contributed by atoms with Crippen LogP contribution in [0.5, 0.6) is 0 Å². The summed E-state index contributed by atoms with van der Waals surface area (Å²) >= 11 is 6.01. The molecule has 0 saturated heterocycles. The number of fused-ring (bicyclic) bond motifs is 3. The van der Waals surface area contributed by atoms with Crippen LogP contribution in [0, 0.1) is 0 Å². The molecule has 0 radical (unpaired) electrons. The van der Waals surface area contributed by atoms with E-state index in [-0.39, 0.29) is 24.2 Å². The van der Waals surface area contributed by atoms with E-state index >= 15 is 0 Å². The molecule has 6 nitrogen and oxygen atoms in total. The number of esters is 1. The van der Waals surface area contributed by atoms with Crippen LogP contribution in [0.15, 0.2) is 24.5 Å². The second-order valence-electron chi connectivity index (χ2n) is 6.65. The molecule has 1 amide bonds. The van der Waals surface area contributed by atoms with Gasteiger partial charge in [-0.05, 0) is 38.9 Å². The lowest BCUT2D eigenvalue weighted by atomic mass is 10.1. The Morgan fingerprint density at radius 1 is 1.46 bits per heavy atom. The van der Waals surface area contributed by atoms with Gasteiger partial charge >= 0.3 is 5.97 Å². The number of aromatic nitrogens is 2. The van der Waals surface area contributed by atoms with E-state index in [9.17, 15) is 9.59 Å². The van der Waals surface area contributed by atoms with Crippen molar-refractivity contribution in [1.82, 2.24) is 14.5 Å². The average Bonchev–Trinajstić information content (AvgIpc) is 2.83. The fourth-order valence-corrected chi connectivity index (χ4v) is 2.71. The van der Waals surface area contributed by atoms with Crippen LogP contribution in [0.3, 0.4) is 0 Å². The highest BCUT2D eigenvalue weighted by atomic mass is 35.5. The largest absolute Gasteiger partial charge is 0.455 e. The van der Waals surface area contributed by atoms with Crippen LogP contribution in [0.1, 0.15) is 48.7 Å². The molecule has 2 aromatic rings. The Bertz CT molecular complexity index is 886. The maximum absolute atomic E-state index is 12.7. The highest BCUT2D eigenvalue weighted by molar-refractivity contribution is 6.31. The van der Waals surface area contributed by atoms with Gasteiger partial charge in [0, 0.05) is 12.1 Å². The van der Waals surface area contributed by atoms with Crippen molar-refractivity contribution >= 4 is 23.5 Å². The van der Waals surface area contributed by atoms with E-state index in [1.807, 2.05) is 0 Å². The molecule has 1 aromatic heterocycles. The van der Waals surface area contributed by atoms with E-state index in [0.29, 0.717) is 22.0 Å². The molecule has 2 heterocycles. The summed E-state index contributed by atoms with van der Waals surface area (Å²) in [4.78, 5) is 30.8. The number of carbonyl (C=O) groups is 2. The number of nitrogens with zero attached hydrogens (tertiary/aromatic N) is 3. The molecule has 1 aliphatic rings. The molecule has 126 valence electrons. The van der Waals surface area contributed by atoms with E-state index in [4.69, 9.17) is 17.7 Å². The second-order valence-corrected chi connectivity index (χ2v) is 7.09. The maximum atomic E-state index is 12.7. The number of ether oxygens (including phenoxy) is 1. The zero-order chi connectivity index (χ0) is 18.5. The number of amides is 1. The number of imidazole rings is 1. The van der Waals surface area contributed by atoms with Crippen LogP contribution < -0.4 is 0 Å². The summed E-state index contributed by atoms with van der Waals surface area (Å²) in [5.74, 6) is -0.837. The fraction of sp³-hybridized carbons (Fsp3) is 0.353. The van der Waals surface area contributed by atoms with Crippen LogP contribution in [-0.2, 0) is 11.3 Å². The van der Waals surface area contributed by atoms with Gasteiger partial charge < -0.3 is 9.64 Å². The van der Waals surface area contributed by atoms with Gasteiger partial charge in [0.15, 0.2) is 5.69 Å². The summed E-state index contributed by atoms with van der Waals surface area (Å²) in [5.41, 5.74) is 0.630. The van der Waals surface area contributed by atoms with Crippen LogP contribution in [0.2, 0.25) is 5.02 Å². The van der Waals surface area contributed by atoms with Crippen molar-refractivity contribution < 1.29 is 15.7 Å². The molecule has 0 bridgehead atoms. The summed E-state index contributed by atoms with van der Waals surface area (Å²) in [6.07, 6.45) is 1.44. The molecule has 0 N–H and O–H groups in total. The third-order valence-corrected chi connectivity index (χ3v) is 3.77. The number of halogens is 1. The summed E-state index contributed by atoms with van der Waals surface area (Å²) in [6.45, 7) is 5.48. The predicted molar refractivity (Wildman–Crippen MR) is 89.5 cm³/mol. The number of hydrogen-bond acceptors (Lipinski definition) is 4.